The zero-order valence-corrected chi connectivity index (χ0v) is 12.4. The summed E-state index contributed by atoms with van der Waals surface area (Å²) in [6.45, 7) is 7.89. The van der Waals surface area contributed by atoms with Crippen molar-refractivity contribution in [3.63, 3.8) is 0 Å². The number of morpholine rings is 1. The standard InChI is InChI=1S/C15H27N3O2/c19-15(18-9-11-20-12-10-18)13-16-5-7-17(8-6-16)14-3-1-2-4-14/h14H,1-13H2. The van der Waals surface area contributed by atoms with Crippen molar-refractivity contribution in [3.8, 4) is 0 Å². The van der Waals surface area contributed by atoms with Gasteiger partial charge in [0.25, 0.3) is 0 Å². The molecule has 0 atom stereocenters. The van der Waals surface area contributed by atoms with Gasteiger partial charge in [0.05, 0.1) is 19.8 Å². The Bertz CT molecular complexity index is 317. The molecule has 0 aromatic rings. The highest BCUT2D eigenvalue weighted by Gasteiger charge is 2.27. The molecule has 114 valence electrons. The summed E-state index contributed by atoms with van der Waals surface area (Å²) in [5.41, 5.74) is 0. The van der Waals surface area contributed by atoms with E-state index in [0.29, 0.717) is 19.8 Å². The fourth-order valence-corrected chi connectivity index (χ4v) is 3.66. The van der Waals surface area contributed by atoms with Gasteiger partial charge in [-0.05, 0) is 12.8 Å². The average Bonchev–Trinajstić information content (AvgIpc) is 3.03. The summed E-state index contributed by atoms with van der Waals surface area (Å²) >= 11 is 0. The van der Waals surface area contributed by atoms with Crippen molar-refractivity contribution in [3.05, 3.63) is 0 Å². The van der Waals surface area contributed by atoms with Gasteiger partial charge in [0.2, 0.25) is 5.91 Å². The van der Waals surface area contributed by atoms with Crippen LogP contribution in [0, 0.1) is 0 Å². The number of piperazine rings is 1. The van der Waals surface area contributed by atoms with Crippen LogP contribution in [-0.2, 0) is 9.53 Å². The average molecular weight is 281 g/mol. The van der Waals surface area contributed by atoms with Crippen LogP contribution in [0.5, 0.6) is 0 Å². The second-order valence-electron chi connectivity index (χ2n) is 6.24. The smallest absolute Gasteiger partial charge is 0.236 e. The molecular formula is C15H27N3O2. The van der Waals surface area contributed by atoms with Crippen LogP contribution in [0.15, 0.2) is 0 Å². The molecule has 0 unspecified atom stereocenters. The Kier molecular flexibility index (Phi) is 4.91. The lowest BCUT2D eigenvalue weighted by atomic mass is 10.2. The number of amides is 1. The van der Waals surface area contributed by atoms with Gasteiger partial charge in [-0.25, -0.2) is 0 Å². The van der Waals surface area contributed by atoms with Crippen molar-refractivity contribution >= 4 is 5.91 Å². The zero-order chi connectivity index (χ0) is 13.8. The van der Waals surface area contributed by atoms with Crippen LogP contribution in [0.1, 0.15) is 25.7 Å². The SMILES string of the molecule is O=C(CN1CCN(C2CCCC2)CC1)N1CCOCC1. The minimum absolute atomic E-state index is 0.280. The van der Waals surface area contributed by atoms with Gasteiger partial charge in [0.15, 0.2) is 0 Å². The maximum atomic E-state index is 12.2. The molecule has 5 heteroatoms. The number of hydrogen-bond donors (Lipinski definition) is 0. The fraction of sp³-hybridized carbons (Fsp3) is 0.933. The molecule has 1 aliphatic carbocycles. The van der Waals surface area contributed by atoms with E-state index in [0.717, 1.165) is 45.3 Å². The zero-order valence-electron chi connectivity index (χ0n) is 12.4. The Hall–Kier alpha value is -0.650. The van der Waals surface area contributed by atoms with Gasteiger partial charge >= 0.3 is 0 Å². The first-order chi connectivity index (χ1) is 9.83. The molecule has 0 bridgehead atoms. The Morgan fingerprint density at radius 1 is 0.950 bits per heavy atom. The van der Waals surface area contributed by atoms with Crippen LogP contribution in [-0.4, -0.2) is 85.7 Å². The Morgan fingerprint density at radius 2 is 1.60 bits per heavy atom. The molecule has 1 saturated carbocycles. The van der Waals surface area contributed by atoms with Crippen LogP contribution in [0.3, 0.4) is 0 Å². The van der Waals surface area contributed by atoms with E-state index >= 15 is 0 Å². The van der Waals surface area contributed by atoms with E-state index in [1.807, 2.05) is 4.90 Å². The van der Waals surface area contributed by atoms with E-state index in [1.54, 1.807) is 0 Å². The van der Waals surface area contributed by atoms with Crippen molar-refractivity contribution in [1.29, 1.82) is 0 Å². The molecular weight excluding hydrogens is 254 g/mol. The van der Waals surface area contributed by atoms with Gasteiger partial charge in [-0.3, -0.25) is 14.6 Å². The van der Waals surface area contributed by atoms with Crippen LogP contribution in [0.2, 0.25) is 0 Å². The third-order valence-corrected chi connectivity index (χ3v) is 4.97. The summed E-state index contributed by atoms with van der Waals surface area (Å²) in [6.07, 6.45) is 5.57. The molecule has 3 aliphatic rings. The van der Waals surface area contributed by atoms with Crippen molar-refractivity contribution in [2.24, 2.45) is 0 Å². The van der Waals surface area contributed by atoms with Crippen LogP contribution >= 0.6 is 0 Å². The van der Waals surface area contributed by atoms with E-state index in [2.05, 4.69) is 9.80 Å². The number of rotatable bonds is 3. The molecule has 0 aromatic heterocycles. The molecule has 5 nitrogen and oxygen atoms in total. The van der Waals surface area contributed by atoms with E-state index in [9.17, 15) is 4.79 Å². The number of carbonyl (C=O) groups excluding carboxylic acids is 1. The van der Waals surface area contributed by atoms with Crippen LogP contribution in [0.4, 0.5) is 0 Å². The monoisotopic (exact) mass is 281 g/mol. The lowest BCUT2D eigenvalue weighted by Crippen LogP contribution is -2.53. The lowest BCUT2D eigenvalue weighted by Gasteiger charge is -2.38. The third kappa shape index (κ3) is 3.51. The summed E-state index contributed by atoms with van der Waals surface area (Å²) in [7, 11) is 0. The molecule has 1 amide bonds. The Morgan fingerprint density at radius 3 is 2.25 bits per heavy atom. The molecule has 0 aromatic carbocycles. The van der Waals surface area contributed by atoms with Crippen molar-refractivity contribution in [2.45, 2.75) is 31.7 Å². The van der Waals surface area contributed by atoms with E-state index in [1.165, 1.54) is 25.7 Å². The first-order valence-corrected chi connectivity index (χ1v) is 8.15. The maximum absolute atomic E-state index is 12.2. The summed E-state index contributed by atoms with van der Waals surface area (Å²) in [5.74, 6) is 0.280. The highest BCUT2D eigenvalue weighted by atomic mass is 16.5. The minimum atomic E-state index is 0.280. The first-order valence-electron chi connectivity index (χ1n) is 8.15. The van der Waals surface area contributed by atoms with E-state index < -0.39 is 0 Å². The highest BCUT2D eigenvalue weighted by Crippen LogP contribution is 2.24. The molecule has 2 heterocycles. The number of ether oxygens (including phenoxy) is 1. The van der Waals surface area contributed by atoms with Crippen molar-refractivity contribution < 1.29 is 9.53 Å². The van der Waals surface area contributed by atoms with Crippen LogP contribution in [0.25, 0.3) is 0 Å². The maximum Gasteiger partial charge on any atom is 0.236 e. The topological polar surface area (TPSA) is 36.0 Å². The van der Waals surface area contributed by atoms with Gasteiger partial charge in [0.1, 0.15) is 0 Å². The number of nitrogens with zero attached hydrogens (tertiary/aromatic N) is 3. The van der Waals surface area contributed by atoms with Gasteiger partial charge in [-0.15, -0.1) is 0 Å². The predicted molar refractivity (Wildman–Crippen MR) is 77.7 cm³/mol. The summed E-state index contributed by atoms with van der Waals surface area (Å²) in [4.78, 5) is 19.1. The molecule has 2 saturated heterocycles. The number of hydrogen-bond acceptors (Lipinski definition) is 4. The number of carbonyl (C=O) groups is 1. The molecule has 3 fully saturated rings. The van der Waals surface area contributed by atoms with Crippen LogP contribution < -0.4 is 0 Å². The Balaban J connectivity index is 1.40. The predicted octanol–water partition coefficient (Wildman–Crippen LogP) is 0.405. The van der Waals surface area contributed by atoms with Crippen molar-refractivity contribution in [1.82, 2.24) is 14.7 Å². The quantitative estimate of drug-likeness (QED) is 0.750. The first kappa shape index (κ1) is 14.3. The molecule has 0 spiro atoms. The molecule has 0 radical (unpaired) electrons. The fourth-order valence-electron chi connectivity index (χ4n) is 3.66. The summed E-state index contributed by atoms with van der Waals surface area (Å²) in [5, 5.41) is 0. The molecule has 3 rings (SSSR count). The Labute approximate surface area is 121 Å². The minimum Gasteiger partial charge on any atom is -0.378 e. The molecule has 20 heavy (non-hydrogen) atoms. The van der Waals surface area contributed by atoms with Gasteiger partial charge in [-0.2, -0.15) is 0 Å². The van der Waals surface area contributed by atoms with Crippen molar-refractivity contribution in [2.75, 3.05) is 59.0 Å². The second-order valence-corrected chi connectivity index (χ2v) is 6.24. The van der Waals surface area contributed by atoms with E-state index in [-0.39, 0.29) is 5.91 Å². The normalized spacial score (nSPS) is 27.1. The van der Waals surface area contributed by atoms with E-state index in [4.69, 9.17) is 4.74 Å². The second kappa shape index (κ2) is 6.87. The molecule has 0 N–H and O–H groups in total. The lowest BCUT2D eigenvalue weighted by molar-refractivity contribution is -0.137. The van der Waals surface area contributed by atoms with Gasteiger partial charge < -0.3 is 9.64 Å². The summed E-state index contributed by atoms with van der Waals surface area (Å²) in [6, 6.07) is 0.826. The van der Waals surface area contributed by atoms with Gasteiger partial charge in [0, 0.05) is 45.3 Å². The third-order valence-electron chi connectivity index (χ3n) is 4.97. The summed E-state index contributed by atoms with van der Waals surface area (Å²) < 4.78 is 5.30. The largest absolute Gasteiger partial charge is 0.378 e. The highest BCUT2D eigenvalue weighted by molar-refractivity contribution is 5.78. The van der Waals surface area contributed by atoms with Gasteiger partial charge in [-0.1, -0.05) is 12.8 Å². The molecule has 2 aliphatic heterocycles.